The average Bonchev–Trinajstić information content (AvgIpc) is 3.37. The molecule has 2 bridgehead atoms. The monoisotopic (exact) mass is 549 g/mol. The maximum absolute atomic E-state index is 13.7. The summed E-state index contributed by atoms with van der Waals surface area (Å²) in [6.45, 7) is 1.33. The summed E-state index contributed by atoms with van der Waals surface area (Å²) in [7, 11) is 2.92. The highest BCUT2D eigenvalue weighted by molar-refractivity contribution is 7.22. The number of thiazole rings is 1. The molecule has 2 amide bonds. The summed E-state index contributed by atoms with van der Waals surface area (Å²) in [6, 6.07) is 10.9. The van der Waals surface area contributed by atoms with E-state index in [0.717, 1.165) is 11.6 Å². The molecule has 10 nitrogen and oxygen atoms in total. The zero-order valence-corrected chi connectivity index (χ0v) is 21.9. The SMILES string of the molecule is COc1cc(C(=O)Nc2ccc(F)cc2)c(NC(=O)c2c(OC)ccc3nc(N4C5COCC4C5)sc23)cn1. The molecule has 4 heterocycles. The van der Waals surface area contributed by atoms with E-state index < -0.39 is 17.6 Å². The highest BCUT2D eigenvalue weighted by atomic mass is 32.1. The Morgan fingerprint density at radius 2 is 1.82 bits per heavy atom. The highest BCUT2D eigenvalue weighted by Gasteiger charge is 2.44. The van der Waals surface area contributed by atoms with E-state index in [-0.39, 0.29) is 29.2 Å². The number of nitrogens with zero attached hydrogens (tertiary/aromatic N) is 3. The van der Waals surface area contributed by atoms with Crippen LogP contribution in [0.4, 0.5) is 20.9 Å². The van der Waals surface area contributed by atoms with Crippen LogP contribution >= 0.6 is 11.3 Å². The summed E-state index contributed by atoms with van der Waals surface area (Å²) >= 11 is 1.43. The summed E-state index contributed by atoms with van der Waals surface area (Å²) in [5.41, 5.74) is 1.65. The molecular formula is C27H24FN5O5S. The van der Waals surface area contributed by atoms with E-state index in [1.165, 1.54) is 62.1 Å². The van der Waals surface area contributed by atoms with Crippen molar-refractivity contribution in [3.63, 3.8) is 0 Å². The molecule has 12 heteroatoms. The first-order valence-corrected chi connectivity index (χ1v) is 13.0. The van der Waals surface area contributed by atoms with E-state index in [0.29, 0.717) is 40.4 Å². The van der Waals surface area contributed by atoms with Gasteiger partial charge in [-0.1, -0.05) is 11.3 Å². The topological polar surface area (TPSA) is 115 Å². The van der Waals surface area contributed by atoms with Gasteiger partial charge in [-0.15, -0.1) is 0 Å². The summed E-state index contributed by atoms with van der Waals surface area (Å²) in [5.74, 6) is -0.877. The zero-order chi connectivity index (χ0) is 27.1. The minimum Gasteiger partial charge on any atom is -0.496 e. The van der Waals surface area contributed by atoms with E-state index in [2.05, 4.69) is 20.5 Å². The maximum atomic E-state index is 13.7. The fourth-order valence-corrected chi connectivity index (χ4v) is 6.10. The van der Waals surface area contributed by atoms with Gasteiger partial charge in [0.05, 0.1) is 67.2 Å². The summed E-state index contributed by atoms with van der Waals surface area (Å²) in [6.07, 6.45) is 2.42. The summed E-state index contributed by atoms with van der Waals surface area (Å²) in [4.78, 5) is 38.1. The van der Waals surface area contributed by atoms with Crippen LogP contribution in [0.1, 0.15) is 27.1 Å². The molecule has 0 spiro atoms. The highest BCUT2D eigenvalue weighted by Crippen LogP contribution is 2.42. The number of rotatable bonds is 7. The Bertz CT molecular complexity index is 1560. The minimum atomic E-state index is -0.533. The van der Waals surface area contributed by atoms with E-state index in [1.807, 2.05) is 6.07 Å². The third-order valence-corrected chi connectivity index (χ3v) is 7.91. The van der Waals surface area contributed by atoms with Gasteiger partial charge < -0.3 is 29.7 Å². The lowest BCUT2D eigenvalue weighted by molar-refractivity contribution is 0.0103. The van der Waals surface area contributed by atoms with Crippen molar-refractivity contribution < 1.29 is 28.2 Å². The van der Waals surface area contributed by atoms with Gasteiger partial charge in [0, 0.05) is 11.8 Å². The number of pyridine rings is 1. The van der Waals surface area contributed by atoms with Crippen LogP contribution in [0, 0.1) is 5.82 Å². The van der Waals surface area contributed by atoms with Crippen LogP contribution in [0.2, 0.25) is 0 Å². The number of aromatic nitrogens is 2. The molecule has 6 rings (SSSR count). The smallest absolute Gasteiger partial charge is 0.261 e. The van der Waals surface area contributed by atoms with Gasteiger partial charge >= 0.3 is 0 Å². The van der Waals surface area contributed by atoms with Crippen LogP contribution in [0.15, 0.2) is 48.7 Å². The second-order valence-electron chi connectivity index (χ2n) is 9.16. The van der Waals surface area contributed by atoms with Gasteiger partial charge in [-0.3, -0.25) is 9.59 Å². The molecule has 0 saturated carbocycles. The molecule has 2 N–H and O–H groups in total. The van der Waals surface area contributed by atoms with Crippen LogP contribution in [0.3, 0.4) is 0 Å². The number of amides is 2. The first kappa shape index (κ1) is 25.0. The number of hydrogen-bond donors (Lipinski definition) is 2. The zero-order valence-electron chi connectivity index (χ0n) is 21.1. The van der Waals surface area contributed by atoms with Gasteiger partial charge in [0.15, 0.2) is 5.13 Å². The summed E-state index contributed by atoms with van der Waals surface area (Å²) < 4.78 is 30.3. The Morgan fingerprint density at radius 1 is 1.05 bits per heavy atom. The second kappa shape index (κ2) is 10.1. The number of morpholine rings is 1. The van der Waals surface area contributed by atoms with Crippen molar-refractivity contribution in [1.29, 1.82) is 0 Å². The first-order valence-electron chi connectivity index (χ1n) is 12.2. The normalized spacial score (nSPS) is 17.9. The number of carbonyl (C=O) groups excluding carboxylic acids is 2. The average molecular weight is 550 g/mol. The molecule has 39 heavy (non-hydrogen) atoms. The summed E-state index contributed by atoms with van der Waals surface area (Å²) in [5, 5.41) is 6.35. The lowest BCUT2D eigenvalue weighted by Crippen LogP contribution is -2.64. The van der Waals surface area contributed by atoms with Crippen molar-refractivity contribution in [1.82, 2.24) is 9.97 Å². The van der Waals surface area contributed by atoms with Gasteiger partial charge in [-0.2, -0.15) is 0 Å². The number of methoxy groups -OCH3 is 2. The lowest BCUT2D eigenvalue weighted by Gasteiger charge is -2.52. The molecule has 2 aromatic carbocycles. The maximum Gasteiger partial charge on any atom is 0.261 e. The van der Waals surface area contributed by atoms with Gasteiger partial charge in [0.25, 0.3) is 11.8 Å². The van der Waals surface area contributed by atoms with Gasteiger partial charge in [0.1, 0.15) is 17.1 Å². The molecule has 2 unspecified atom stereocenters. The van der Waals surface area contributed by atoms with Crippen molar-refractivity contribution >= 4 is 49.9 Å². The number of carbonyl (C=O) groups is 2. The number of halogens is 1. The second-order valence-corrected chi connectivity index (χ2v) is 10.1. The predicted molar refractivity (Wildman–Crippen MR) is 145 cm³/mol. The predicted octanol–water partition coefficient (Wildman–Crippen LogP) is 4.33. The van der Waals surface area contributed by atoms with Gasteiger partial charge in [-0.25, -0.2) is 14.4 Å². The molecule has 2 fully saturated rings. The van der Waals surface area contributed by atoms with Crippen molar-refractivity contribution in [3.05, 3.63) is 65.6 Å². The Kier molecular flexibility index (Phi) is 6.49. The number of fused-ring (bicyclic) bond motifs is 3. The molecule has 2 aliphatic heterocycles. The number of benzene rings is 2. The van der Waals surface area contributed by atoms with Crippen molar-refractivity contribution in [2.24, 2.45) is 0 Å². The van der Waals surface area contributed by atoms with E-state index in [1.54, 1.807) is 6.07 Å². The largest absolute Gasteiger partial charge is 0.496 e. The molecule has 2 atom stereocenters. The number of anilines is 3. The van der Waals surface area contributed by atoms with Gasteiger partial charge in [0.2, 0.25) is 5.88 Å². The Balaban J connectivity index is 1.33. The van der Waals surface area contributed by atoms with Crippen LogP contribution < -0.4 is 25.0 Å². The molecule has 2 aliphatic rings. The van der Waals surface area contributed by atoms with Crippen molar-refractivity contribution in [2.75, 3.05) is 43.0 Å². The third-order valence-electron chi connectivity index (χ3n) is 6.81. The molecule has 2 saturated heterocycles. The Morgan fingerprint density at radius 3 is 2.51 bits per heavy atom. The lowest BCUT2D eigenvalue weighted by atomic mass is 9.92. The van der Waals surface area contributed by atoms with E-state index in [4.69, 9.17) is 19.2 Å². The number of hydrogen-bond acceptors (Lipinski definition) is 9. The number of nitrogens with one attached hydrogen (secondary N) is 2. The fourth-order valence-electron chi connectivity index (χ4n) is 4.86. The van der Waals surface area contributed by atoms with Crippen molar-refractivity contribution in [3.8, 4) is 11.6 Å². The molecular weight excluding hydrogens is 525 g/mol. The molecule has 4 aromatic rings. The number of ether oxygens (including phenoxy) is 3. The van der Waals surface area contributed by atoms with Crippen LogP contribution in [-0.2, 0) is 4.74 Å². The fraction of sp³-hybridized carbons (Fsp3) is 0.259. The minimum absolute atomic E-state index is 0.115. The molecule has 200 valence electrons. The Labute approximate surface area is 226 Å². The molecule has 2 aromatic heterocycles. The van der Waals surface area contributed by atoms with Crippen LogP contribution in [0.5, 0.6) is 11.6 Å². The van der Waals surface area contributed by atoms with Crippen LogP contribution in [-0.4, -0.2) is 61.3 Å². The molecule has 0 aliphatic carbocycles. The van der Waals surface area contributed by atoms with Crippen molar-refractivity contribution in [2.45, 2.75) is 18.5 Å². The van der Waals surface area contributed by atoms with E-state index >= 15 is 0 Å². The Hall–Kier alpha value is -4.29. The standard InChI is InChI=1S/C27H24FN5O5S/c1-36-21-8-7-19-24(39-27(32-19)33-16-9-17(33)13-38-12-16)23(21)26(35)31-20-11-29-22(37-2)10-18(20)25(34)30-15-5-3-14(28)4-6-15/h3-8,10-11,16-17H,9,12-13H2,1-2H3,(H,30,34)(H,31,35). The first-order chi connectivity index (χ1) is 18.9. The van der Waals surface area contributed by atoms with Gasteiger partial charge in [-0.05, 0) is 42.8 Å². The molecule has 0 radical (unpaired) electrons. The third kappa shape index (κ3) is 4.61. The van der Waals surface area contributed by atoms with Crippen LogP contribution in [0.25, 0.3) is 10.2 Å². The quantitative estimate of drug-likeness (QED) is 0.350. The van der Waals surface area contributed by atoms with E-state index in [9.17, 15) is 14.0 Å².